The molecule has 1 aliphatic carbocycles. The van der Waals surface area contributed by atoms with Gasteiger partial charge in [0.1, 0.15) is 5.75 Å². The number of thiazole rings is 1. The summed E-state index contributed by atoms with van der Waals surface area (Å²) in [5.41, 5.74) is 4.14. The van der Waals surface area contributed by atoms with Crippen molar-refractivity contribution in [2.75, 3.05) is 0 Å². The predicted molar refractivity (Wildman–Crippen MR) is 140 cm³/mol. The highest BCUT2D eigenvalue weighted by Gasteiger charge is 2.33. The molecule has 0 fully saturated rings. The van der Waals surface area contributed by atoms with E-state index in [0.29, 0.717) is 9.33 Å². The van der Waals surface area contributed by atoms with Crippen LogP contribution in [0.15, 0.2) is 73.7 Å². The summed E-state index contributed by atoms with van der Waals surface area (Å²) in [6, 6.07) is 14.5. The molecule has 2 aromatic heterocycles. The number of non-ortho nitro benzene ring substituents is 1. The van der Waals surface area contributed by atoms with Crippen LogP contribution in [-0.4, -0.2) is 14.6 Å². The van der Waals surface area contributed by atoms with Gasteiger partial charge in [-0.25, -0.2) is 4.99 Å². The van der Waals surface area contributed by atoms with Gasteiger partial charge in [-0.05, 0) is 57.4 Å². The number of halogens is 1. The molecule has 174 valence electrons. The Hall–Kier alpha value is -3.34. The number of hydrogen-bond donors (Lipinski definition) is 1. The van der Waals surface area contributed by atoms with Crippen molar-refractivity contribution in [3.8, 4) is 5.75 Å². The zero-order valence-corrected chi connectivity index (χ0v) is 21.2. The molecule has 3 heterocycles. The number of fused-ring (bicyclic) bond motifs is 3. The first-order valence-electron chi connectivity index (χ1n) is 10.8. The highest BCUT2D eigenvalue weighted by molar-refractivity contribution is 9.10. The lowest BCUT2D eigenvalue weighted by atomic mass is 9.85. The largest absolute Gasteiger partial charge is 0.506 e. The third-order valence-electron chi connectivity index (χ3n) is 6.26. The summed E-state index contributed by atoms with van der Waals surface area (Å²) >= 11 is 5.99. The van der Waals surface area contributed by atoms with Crippen LogP contribution in [0.25, 0.3) is 11.8 Å². The number of allylic oxidation sites excluding steroid dienone is 1. The van der Waals surface area contributed by atoms with Crippen molar-refractivity contribution < 1.29 is 10.0 Å². The highest BCUT2D eigenvalue weighted by atomic mass is 79.9. The second kappa shape index (κ2) is 8.40. The van der Waals surface area contributed by atoms with Crippen LogP contribution in [0.1, 0.15) is 34.0 Å². The fourth-order valence-corrected chi connectivity index (χ4v) is 6.98. The second-order valence-electron chi connectivity index (χ2n) is 8.25. The summed E-state index contributed by atoms with van der Waals surface area (Å²) in [4.78, 5) is 31.0. The number of phenols is 1. The van der Waals surface area contributed by atoms with Crippen LogP contribution in [0.4, 0.5) is 5.69 Å². The van der Waals surface area contributed by atoms with E-state index in [1.165, 1.54) is 35.1 Å². The first kappa shape index (κ1) is 22.1. The fraction of sp³-hybridized carbons (Fsp3) is 0.120. The molecular formula is C25H16BrN3O4S2. The molecule has 10 heteroatoms. The fourth-order valence-electron chi connectivity index (χ4n) is 4.68. The summed E-state index contributed by atoms with van der Waals surface area (Å²) in [5.74, 6) is -0.163. The van der Waals surface area contributed by atoms with Gasteiger partial charge in [0.05, 0.1) is 25.7 Å². The number of nitrogens with zero attached hydrogens (tertiary/aromatic N) is 3. The summed E-state index contributed by atoms with van der Waals surface area (Å²) in [6.07, 6.45) is 3.19. The van der Waals surface area contributed by atoms with Crippen molar-refractivity contribution in [1.29, 1.82) is 0 Å². The van der Waals surface area contributed by atoms with Gasteiger partial charge in [-0.15, -0.1) is 11.3 Å². The van der Waals surface area contributed by atoms with E-state index in [1.54, 1.807) is 15.9 Å². The predicted octanol–water partition coefficient (Wildman–Crippen LogP) is 4.76. The molecule has 0 radical (unpaired) electrons. The third-order valence-corrected chi connectivity index (χ3v) is 8.77. The number of phenolic OH excluding ortho intramolecular Hbond substituents is 1. The Kier molecular flexibility index (Phi) is 5.32. The molecule has 2 aliphatic rings. The zero-order chi connectivity index (χ0) is 24.3. The molecule has 2 aromatic carbocycles. The summed E-state index contributed by atoms with van der Waals surface area (Å²) in [5, 5.41) is 23.8. The van der Waals surface area contributed by atoms with Gasteiger partial charge in [-0.1, -0.05) is 41.7 Å². The molecule has 0 spiro atoms. The molecule has 0 amide bonds. The molecule has 1 aliphatic heterocycles. The SMILES string of the molecule is O=c1/c(=C\c2cc([N+](=O)[O-])cc(Br)c2O)sc2n1[C@H](c1cccs1)C1=C(N=2)c2ccccc2CC1. The summed E-state index contributed by atoms with van der Waals surface area (Å²) < 4.78 is 2.26. The van der Waals surface area contributed by atoms with Gasteiger partial charge in [0.15, 0.2) is 4.80 Å². The monoisotopic (exact) mass is 565 g/mol. The number of nitro groups is 1. The van der Waals surface area contributed by atoms with Gasteiger partial charge < -0.3 is 5.11 Å². The van der Waals surface area contributed by atoms with Crippen LogP contribution in [0.2, 0.25) is 0 Å². The maximum absolute atomic E-state index is 13.7. The molecule has 0 bridgehead atoms. The summed E-state index contributed by atoms with van der Waals surface area (Å²) in [7, 11) is 0. The van der Waals surface area contributed by atoms with E-state index in [0.717, 1.165) is 34.6 Å². The van der Waals surface area contributed by atoms with E-state index >= 15 is 0 Å². The van der Waals surface area contributed by atoms with Gasteiger partial charge in [-0.3, -0.25) is 19.5 Å². The molecule has 7 nitrogen and oxygen atoms in total. The van der Waals surface area contributed by atoms with Crippen molar-refractivity contribution in [2.45, 2.75) is 18.9 Å². The molecule has 4 aromatic rings. The topological polar surface area (TPSA) is 97.7 Å². The standard InChI is InChI=1S/C25H16BrN3O4S2/c26-18-12-15(29(32)33)10-14(23(18)30)11-20-24(31)28-22(19-6-3-9-34-19)17-8-7-13-4-1-2-5-16(13)21(17)27-25(28)35-20/h1-6,9-12,22,30H,7-8H2/b20-11+/t22-/m0/s1. The first-order chi connectivity index (χ1) is 16.9. The minimum atomic E-state index is -0.536. The van der Waals surface area contributed by atoms with Gasteiger partial charge in [0, 0.05) is 28.1 Å². The van der Waals surface area contributed by atoms with E-state index in [2.05, 4.69) is 28.1 Å². The quantitative estimate of drug-likeness (QED) is 0.286. The smallest absolute Gasteiger partial charge is 0.271 e. The lowest BCUT2D eigenvalue weighted by Gasteiger charge is -2.30. The number of aromatic hydroxyl groups is 1. The van der Waals surface area contributed by atoms with Gasteiger partial charge >= 0.3 is 0 Å². The number of nitro benzene ring substituents is 1. The Morgan fingerprint density at radius 2 is 2.03 bits per heavy atom. The molecule has 0 unspecified atom stereocenters. The maximum atomic E-state index is 13.7. The van der Waals surface area contributed by atoms with Gasteiger partial charge in [0.2, 0.25) is 0 Å². The molecule has 0 saturated carbocycles. The molecule has 6 rings (SSSR count). The highest BCUT2D eigenvalue weighted by Crippen LogP contribution is 2.42. The average molecular weight is 566 g/mol. The second-order valence-corrected chi connectivity index (χ2v) is 11.1. The van der Waals surface area contributed by atoms with Crippen molar-refractivity contribution in [1.82, 2.24) is 4.57 Å². The molecule has 1 N–H and O–H groups in total. The number of aromatic nitrogens is 1. The van der Waals surface area contributed by atoms with Crippen LogP contribution in [0, 0.1) is 10.1 Å². The Morgan fingerprint density at radius 3 is 2.80 bits per heavy atom. The maximum Gasteiger partial charge on any atom is 0.271 e. The molecular weight excluding hydrogens is 550 g/mol. The molecule has 35 heavy (non-hydrogen) atoms. The van der Waals surface area contributed by atoms with Crippen LogP contribution >= 0.6 is 38.6 Å². The zero-order valence-electron chi connectivity index (χ0n) is 18.0. The first-order valence-corrected chi connectivity index (χ1v) is 13.2. The van der Waals surface area contributed by atoms with Crippen molar-refractivity contribution in [2.24, 2.45) is 4.99 Å². The number of thiophene rings is 1. The minimum absolute atomic E-state index is 0.163. The van der Waals surface area contributed by atoms with E-state index in [4.69, 9.17) is 4.99 Å². The molecule has 1 atom stereocenters. The number of benzene rings is 2. The number of rotatable bonds is 3. The number of aryl methyl sites for hydroxylation is 1. The lowest BCUT2D eigenvalue weighted by Crippen LogP contribution is -2.38. The van der Waals surface area contributed by atoms with E-state index in [9.17, 15) is 20.0 Å². The Bertz CT molecular complexity index is 1740. The van der Waals surface area contributed by atoms with Crippen molar-refractivity contribution in [3.63, 3.8) is 0 Å². The van der Waals surface area contributed by atoms with Crippen molar-refractivity contribution >= 4 is 56.1 Å². The van der Waals surface area contributed by atoms with Crippen molar-refractivity contribution in [3.05, 3.63) is 115 Å². The number of hydrogen-bond acceptors (Lipinski definition) is 7. The van der Waals surface area contributed by atoms with Crippen LogP contribution in [0.5, 0.6) is 5.75 Å². The van der Waals surface area contributed by atoms with Gasteiger partial charge in [-0.2, -0.15) is 0 Å². The van der Waals surface area contributed by atoms with E-state index < -0.39 is 4.92 Å². The van der Waals surface area contributed by atoms with Crippen LogP contribution in [-0.2, 0) is 6.42 Å². The summed E-state index contributed by atoms with van der Waals surface area (Å²) in [6.45, 7) is 0. The lowest BCUT2D eigenvalue weighted by molar-refractivity contribution is -0.385. The Morgan fingerprint density at radius 1 is 1.20 bits per heavy atom. The average Bonchev–Trinajstić information content (AvgIpc) is 3.49. The minimum Gasteiger partial charge on any atom is -0.506 e. The normalized spacial score (nSPS) is 16.9. The Labute approximate surface area is 214 Å². The Balaban J connectivity index is 1.62. The van der Waals surface area contributed by atoms with E-state index in [-0.39, 0.29) is 33.1 Å². The third kappa shape index (κ3) is 3.60. The van der Waals surface area contributed by atoms with E-state index in [1.807, 2.05) is 29.6 Å². The molecule has 0 saturated heterocycles. The van der Waals surface area contributed by atoms with Gasteiger partial charge in [0.25, 0.3) is 11.2 Å². The van der Waals surface area contributed by atoms with Crippen LogP contribution in [0.3, 0.4) is 0 Å². The van der Waals surface area contributed by atoms with Crippen LogP contribution < -0.4 is 14.9 Å².